The minimum absolute atomic E-state index is 0.0743. The minimum Gasteiger partial charge on any atom is -0.352 e. The molecular weight excluding hydrogens is 280 g/mol. The first-order chi connectivity index (χ1) is 10.3. The number of amides is 1. The number of nitrogens with one attached hydrogen (secondary N) is 1. The van der Waals surface area contributed by atoms with Gasteiger partial charge in [0.1, 0.15) is 5.01 Å². The Morgan fingerprint density at radius 1 is 1.14 bits per heavy atom. The smallest absolute Gasteiger partial charge is 0.219 e. The Morgan fingerprint density at radius 2 is 1.90 bits per heavy atom. The van der Waals surface area contributed by atoms with Crippen LogP contribution in [0.4, 0.5) is 0 Å². The molecule has 3 nitrogen and oxygen atoms in total. The molecule has 0 unspecified atom stereocenters. The van der Waals surface area contributed by atoms with E-state index in [1.165, 1.54) is 4.70 Å². The Bertz CT molecular complexity index is 729. The third kappa shape index (κ3) is 3.11. The molecule has 0 saturated heterocycles. The number of hydrogen-bond acceptors (Lipinski definition) is 3. The van der Waals surface area contributed by atoms with E-state index in [1.807, 2.05) is 37.3 Å². The van der Waals surface area contributed by atoms with E-state index in [4.69, 9.17) is 0 Å². The molecule has 1 N–H and O–H groups in total. The number of fused-ring (bicyclic) bond motifs is 1. The van der Waals surface area contributed by atoms with E-state index in [1.54, 1.807) is 11.3 Å². The molecule has 0 aliphatic rings. The molecule has 1 aromatic heterocycles. The fourth-order valence-electron chi connectivity index (χ4n) is 2.09. The van der Waals surface area contributed by atoms with Crippen LogP contribution in [0.25, 0.3) is 20.8 Å². The number of aromatic nitrogens is 1. The molecule has 0 fully saturated rings. The van der Waals surface area contributed by atoms with Crippen LogP contribution in [0, 0.1) is 0 Å². The summed E-state index contributed by atoms with van der Waals surface area (Å²) in [5.41, 5.74) is 3.25. The molecule has 0 aliphatic carbocycles. The van der Waals surface area contributed by atoms with Crippen LogP contribution in [-0.4, -0.2) is 10.9 Å². The van der Waals surface area contributed by atoms with Gasteiger partial charge in [-0.2, -0.15) is 0 Å². The van der Waals surface area contributed by atoms with Crippen LogP contribution in [0.5, 0.6) is 0 Å². The lowest BCUT2D eigenvalue weighted by molar-refractivity contribution is -0.120. The zero-order valence-corrected chi connectivity index (χ0v) is 12.6. The van der Waals surface area contributed by atoms with E-state index in [9.17, 15) is 4.79 Å². The number of thiazole rings is 1. The minimum atomic E-state index is 0.0743. The van der Waals surface area contributed by atoms with Crippen molar-refractivity contribution in [3.05, 3.63) is 54.1 Å². The van der Waals surface area contributed by atoms with Crippen molar-refractivity contribution in [3.63, 3.8) is 0 Å². The normalized spacial score (nSPS) is 10.7. The van der Waals surface area contributed by atoms with Crippen molar-refractivity contribution in [1.82, 2.24) is 10.3 Å². The summed E-state index contributed by atoms with van der Waals surface area (Å²) in [4.78, 5) is 15.9. The highest BCUT2D eigenvalue weighted by atomic mass is 32.1. The van der Waals surface area contributed by atoms with Crippen molar-refractivity contribution >= 4 is 27.5 Å². The van der Waals surface area contributed by atoms with E-state index >= 15 is 0 Å². The fourth-order valence-corrected chi connectivity index (χ4v) is 3.06. The van der Waals surface area contributed by atoms with E-state index in [0.29, 0.717) is 13.0 Å². The van der Waals surface area contributed by atoms with Crippen molar-refractivity contribution in [2.24, 2.45) is 0 Å². The lowest BCUT2D eigenvalue weighted by Crippen LogP contribution is -2.21. The van der Waals surface area contributed by atoms with Crippen LogP contribution in [0.15, 0.2) is 48.5 Å². The third-order valence-electron chi connectivity index (χ3n) is 3.31. The summed E-state index contributed by atoms with van der Waals surface area (Å²) in [7, 11) is 0. The van der Waals surface area contributed by atoms with Crippen LogP contribution < -0.4 is 5.32 Å². The number of hydrogen-bond donors (Lipinski definition) is 1. The maximum absolute atomic E-state index is 11.3. The predicted molar refractivity (Wildman–Crippen MR) is 87.2 cm³/mol. The Hall–Kier alpha value is -2.20. The molecule has 0 spiro atoms. The second-order valence-corrected chi connectivity index (χ2v) is 5.84. The van der Waals surface area contributed by atoms with Gasteiger partial charge in [-0.25, -0.2) is 4.98 Å². The molecule has 1 heterocycles. The lowest BCUT2D eigenvalue weighted by Gasteiger charge is -2.04. The van der Waals surface area contributed by atoms with E-state index in [0.717, 1.165) is 21.7 Å². The van der Waals surface area contributed by atoms with Gasteiger partial charge in [0, 0.05) is 18.5 Å². The van der Waals surface area contributed by atoms with Crippen LogP contribution in [0.1, 0.15) is 18.9 Å². The van der Waals surface area contributed by atoms with Crippen LogP contribution in [-0.2, 0) is 11.3 Å². The Kier molecular flexibility index (Phi) is 3.97. The van der Waals surface area contributed by atoms with Gasteiger partial charge in [0.25, 0.3) is 0 Å². The summed E-state index contributed by atoms with van der Waals surface area (Å²) in [5, 5.41) is 3.91. The van der Waals surface area contributed by atoms with Crippen molar-refractivity contribution in [2.75, 3.05) is 0 Å². The number of benzene rings is 2. The molecule has 0 saturated carbocycles. The Balaban J connectivity index is 1.78. The number of rotatable bonds is 4. The van der Waals surface area contributed by atoms with Gasteiger partial charge in [-0.1, -0.05) is 43.3 Å². The fraction of sp³-hybridized carbons (Fsp3) is 0.176. The molecule has 0 aliphatic heterocycles. The van der Waals surface area contributed by atoms with Gasteiger partial charge in [0.05, 0.1) is 10.2 Å². The average Bonchev–Trinajstić information content (AvgIpc) is 2.97. The first kappa shape index (κ1) is 13.8. The molecule has 1 amide bonds. The van der Waals surface area contributed by atoms with Crippen molar-refractivity contribution in [1.29, 1.82) is 0 Å². The Labute approximate surface area is 127 Å². The van der Waals surface area contributed by atoms with E-state index in [2.05, 4.69) is 28.5 Å². The van der Waals surface area contributed by atoms with Crippen LogP contribution >= 0.6 is 11.3 Å². The maximum Gasteiger partial charge on any atom is 0.219 e. The summed E-state index contributed by atoms with van der Waals surface area (Å²) in [6.07, 6.45) is 0.518. The summed E-state index contributed by atoms with van der Waals surface area (Å²) in [5.74, 6) is 0.0743. The lowest BCUT2D eigenvalue weighted by atomic mass is 10.1. The molecule has 106 valence electrons. The number of para-hydroxylation sites is 1. The quantitative estimate of drug-likeness (QED) is 0.791. The highest BCUT2D eigenvalue weighted by Gasteiger charge is 2.06. The summed E-state index contributed by atoms with van der Waals surface area (Å²) >= 11 is 1.70. The summed E-state index contributed by atoms with van der Waals surface area (Å²) in [6, 6.07) is 16.4. The first-order valence-corrected chi connectivity index (χ1v) is 7.79. The first-order valence-electron chi connectivity index (χ1n) is 6.98. The van der Waals surface area contributed by atoms with Crippen molar-refractivity contribution in [2.45, 2.75) is 19.9 Å². The average molecular weight is 296 g/mol. The molecule has 0 radical (unpaired) electrons. The van der Waals surface area contributed by atoms with Gasteiger partial charge in [0.15, 0.2) is 0 Å². The van der Waals surface area contributed by atoms with Gasteiger partial charge in [-0.05, 0) is 17.7 Å². The zero-order valence-electron chi connectivity index (χ0n) is 11.8. The zero-order chi connectivity index (χ0) is 14.7. The molecule has 3 aromatic rings. The second-order valence-electron chi connectivity index (χ2n) is 4.81. The molecule has 0 atom stereocenters. The van der Waals surface area contributed by atoms with Gasteiger partial charge in [-0.15, -0.1) is 11.3 Å². The molecule has 3 rings (SSSR count). The van der Waals surface area contributed by atoms with Gasteiger partial charge < -0.3 is 5.32 Å². The van der Waals surface area contributed by atoms with E-state index < -0.39 is 0 Å². The SMILES string of the molecule is CCC(=O)NCc1ccc(-c2nc3ccccc3s2)cc1. The largest absolute Gasteiger partial charge is 0.352 e. The van der Waals surface area contributed by atoms with Crippen LogP contribution in [0.2, 0.25) is 0 Å². The van der Waals surface area contributed by atoms with Gasteiger partial charge in [-0.3, -0.25) is 4.79 Å². The molecular formula is C17H16N2OS. The van der Waals surface area contributed by atoms with Gasteiger partial charge >= 0.3 is 0 Å². The predicted octanol–water partition coefficient (Wildman–Crippen LogP) is 3.99. The highest BCUT2D eigenvalue weighted by molar-refractivity contribution is 7.21. The summed E-state index contributed by atoms with van der Waals surface area (Å²) < 4.78 is 1.20. The number of carbonyl (C=O) groups is 1. The maximum atomic E-state index is 11.3. The topological polar surface area (TPSA) is 42.0 Å². The van der Waals surface area contributed by atoms with Crippen molar-refractivity contribution in [3.8, 4) is 10.6 Å². The standard InChI is InChI=1S/C17H16N2OS/c1-2-16(20)18-11-12-7-9-13(10-8-12)17-19-14-5-3-4-6-15(14)21-17/h3-10H,2,11H2,1H3,(H,18,20). The van der Waals surface area contributed by atoms with Gasteiger partial charge in [0.2, 0.25) is 5.91 Å². The van der Waals surface area contributed by atoms with Crippen molar-refractivity contribution < 1.29 is 4.79 Å². The number of carbonyl (C=O) groups excluding carboxylic acids is 1. The summed E-state index contributed by atoms with van der Waals surface area (Å²) in [6.45, 7) is 2.43. The molecule has 0 bridgehead atoms. The second kappa shape index (κ2) is 6.06. The molecule has 2 aromatic carbocycles. The highest BCUT2D eigenvalue weighted by Crippen LogP contribution is 2.29. The monoisotopic (exact) mass is 296 g/mol. The Morgan fingerprint density at radius 3 is 2.62 bits per heavy atom. The molecule has 4 heteroatoms. The van der Waals surface area contributed by atoms with Crippen LogP contribution in [0.3, 0.4) is 0 Å². The third-order valence-corrected chi connectivity index (χ3v) is 4.39. The number of nitrogens with zero attached hydrogens (tertiary/aromatic N) is 1. The van der Waals surface area contributed by atoms with E-state index in [-0.39, 0.29) is 5.91 Å². The molecule has 21 heavy (non-hydrogen) atoms.